The van der Waals surface area contributed by atoms with Gasteiger partial charge in [-0.1, -0.05) is 17.7 Å². The molecule has 0 unspecified atom stereocenters. The first-order valence-electron chi connectivity index (χ1n) is 8.33. The molecule has 0 aromatic heterocycles. The quantitative estimate of drug-likeness (QED) is 0.808. The molecule has 2 amide bonds. The second kappa shape index (κ2) is 9.18. The summed E-state index contributed by atoms with van der Waals surface area (Å²) >= 11 is 1.77. The fourth-order valence-electron chi connectivity index (χ4n) is 2.64. The third-order valence-corrected chi connectivity index (χ3v) is 5.30. The number of rotatable bonds is 6. The van der Waals surface area contributed by atoms with Crippen molar-refractivity contribution in [3.63, 3.8) is 0 Å². The largest absolute Gasteiger partial charge is 0.381 e. The van der Waals surface area contributed by atoms with Crippen molar-refractivity contribution in [1.82, 2.24) is 10.2 Å². The van der Waals surface area contributed by atoms with Crippen molar-refractivity contribution >= 4 is 17.8 Å². The molecule has 4 nitrogen and oxygen atoms in total. The summed E-state index contributed by atoms with van der Waals surface area (Å²) in [5.41, 5.74) is 1.27. The Kier molecular flexibility index (Phi) is 7.24. The Morgan fingerprint density at radius 3 is 2.83 bits per heavy atom. The molecule has 1 saturated heterocycles. The molecule has 0 radical (unpaired) electrons. The predicted octanol–water partition coefficient (Wildman–Crippen LogP) is 3.54. The molecule has 1 aliphatic heterocycles. The second-order valence-electron chi connectivity index (χ2n) is 6.44. The van der Waals surface area contributed by atoms with Crippen LogP contribution in [0.4, 0.5) is 4.79 Å². The average Bonchev–Trinajstić information content (AvgIpc) is 2.55. The van der Waals surface area contributed by atoms with E-state index >= 15 is 0 Å². The Bertz CT molecular complexity index is 486. The molecule has 5 heteroatoms. The molecule has 2 atom stereocenters. The Balaban J connectivity index is 1.69. The number of benzene rings is 1. The van der Waals surface area contributed by atoms with E-state index in [0.29, 0.717) is 5.92 Å². The van der Waals surface area contributed by atoms with Crippen LogP contribution in [0.5, 0.6) is 0 Å². The lowest BCUT2D eigenvalue weighted by atomic mass is 10.0. The van der Waals surface area contributed by atoms with E-state index in [1.807, 2.05) is 7.05 Å². The monoisotopic (exact) mass is 336 g/mol. The fourth-order valence-corrected chi connectivity index (χ4v) is 3.49. The lowest BCUT2D eigenvalue weighted by Crippen LogP contribution is -2.45. The van der Waals surface area contributed by atoms with Crippen LogP contribution >= 0.6 is 11.8 Å². The molecular formula is C18H28N2O2S. The number of ether oxygens (including phenoxy) is 1. The molecule has 0 saturated carbocycles. The van der Waals surface area contributed by atoms with Gasteiger partial charge in [0.05, 0.1) is 6.61 Å². The number of thioether (sulfide) groups is 1. The number of hydrogen-bond donors (Lipinski definition) is 1. The number of nitrogens with one attached hydrogen (secondary N) is 1. The van der Waals surface area contributed by atoms with Gasteiger partial charge in [-0.15, -0.1) is 11.8 Å². The highest BCUT2D eigenvalue weighted by atomic mass is 32.2. The molecule has 1 aliphatic rings. The van der Waals surface area contributed by atoms with Gasteiger partial charge in [0.1, 0.15) is 0 Å². The number of carbonyl (C=O) groups excluding carboxylic acids is 1. The number of urea groups is 1. The molecular weight excluding hydrogens is 308 g/mol. The summed E-state index contributed by atoms with van der Waals surface area (Å²) in [6.45, 7) is 6.54. The zero-order valence-electron chi connectivity index (χ0n) is 14.4. The van der Waals surface area contributed by atoms with E-state index in [1.54, 1.807) is 16.7 Å². The third kappa shape index (κ3) is 6.43. The van der Waals surface area contributed by atoms with E-state index in [4.69, 9.17) is 4.74 Å². The summed E-state index contributed by atoms with van der Waals surface area (Å²) in [4.78, 5) is 15.3. The summed E-state index contributed by atoms with van der Waals surface area (Å²) in [7, 11) is 1.86. The summed E-state index contributed by atoms with van der Waals surface area (Å²) in [5, 5.41) is 3.08. The van der Waals surface area contributed by atoms with Crippen LogP contribution in [-0.2, 0) is 4.74 Å². The Morgan fingerprint density at radius 1 is 1.43 bits per heavy atom. The smallest absolute Gasteiger partial charge is 0.317 e. The highest BCUT2D eigenvalue weighted by molar-refractivity contribution is 7.99. The van der Waals surface area contributed by atoms with Crippen molar-refractivity contribution in [2.24, 2.45) is 5.92 Å². The van der Waals surface area contributed by atoms with Crippen molar-refractivity contribution in [3.05, 3.63) is 29.8 Å². The summed E-state index contributed by atoms with van der Waals surface area (Å²) < 4.78 is 5.48. The van der Waals surface area contributed by atoms with Crippen molar-refractivity contribution in [2.75, 3.05) is 32.6 Å². The fraction of sp³-hybridized carbons (Fsp3) is 0.611. The maximum absolute atomic E-state index is 12.2. The molecule has 0 bridgehead atoms. The van der Waals surface area contributed by atoms with Crippen LogP contribution in [0.25, 0.3) is 0 Å². The van der Waals surface area contributed by atoms with Gasteiger partial charge in [0.15, 0.2) is 0 Å². The summed E-state index contributed by atoms with van der Waals surface area (Å²) in [5.74, 6) is 1.34. The minimum Gasteiger partial charge on any atom is -0.381 e. The van der Waals surface area contributed by atoms with Crippen LogP contribution in [0.15, 0.2) is 29.2 Å². The minimum atomic E-state index is 0.00702. The van der Waals surface area contributed by atoms with Gasteiger partial charge in [-0.25, -0.2) is 4.79 Å². The van der Waals surface area contributed by atoms with E-state index < -0.39 is 0 Å². The topological polar surface area (TPSA) is 41.6 Å². The zero-order chi connectivity index (χ0) is 16.7. The van der Waals surface area contributed by atoms with Crippen molar-refractivity contribution in [1.29, 1.82) is 0 Å². The van der Waals surface area contributed by atoms with Crippen LogP contribution in [0.3, 0.4) is 0 Å². The lowest BCUT2D eigenvalue weighted by molar-refractivity contribution is 0.0457. The van der Waals surface area contributed by atoms with Gasteiger partial charge in [0.2, 0.25) is 0 Å². The van der Waals surface area contributed by atoms with Gasteiger partial charge in [-0.2, -0.15) is 0 Å². The van der Waals surface area contributed by atoms with E-state index in [2.05, 4.69) is 43.4 Å². The maximum atomic E-state index is 12.2. The van der Waals surface area contributed by atoms with Gasteiger partial charge in [-0.3, -0.25) is 0 Å². The van der Waals surface area contributed by atoms with Crippen LogP contribution in [0, 0.1) is 12.8 Å². The molecule has 1 aromatic rings. The highest BCUT2D eigenvalue weighted by Gasteiger charge is 2.19. The summed E-state index contributed by atoms with van der Waals surface area (Å²) in [6.07, 6.45) is 2.25. The van der Waals surface area contributed by atoms with E-state index in [9.17, 15) is 4.79 Å². The molecule has 2 rings (SSSR count). The van der Waals surface area contributed by atoms with Crippen LogP contribution < -0.4 is 5.32 Å². The van der Waals surface area contributed by atoms with Crippen molar-refractivity contribution in [2.45, 2.75) is 37.6 Å². The highest BCUT2D eigenvalue weighted by Crippen LogP contribution is 2.19. The SMILES string of the molecule is Cc1ccc(SC[C@@H](C)NC(=O)N(C)C[C@H]2CCCOC2)cc1. The lowest BCUT2D eigenvalue weighted by Gasteiger charge is -2.28. The molecule has 1 N–H and O–H groups in total. The average molecular weight is 337 g/mol. The first-order chi connectivity index (χ1) is 11.0. The number of nitrogens with zero attached hydrogens (tertiary/aromatic N) is 1. The summed E-state index contributed by atoms with van der Waals surface area (Å²) in [6, 6.07) is 8.64. The second-order valence-corrected chi connectivity index (χ2v) is 7.53. The van der Waals surface area contributed by atoms with Gasteiger partial charge >= 0.3 is 6.03 Å². The number of amides is 2. The number of carbonyl (C=O) groups is 1. The Morgan fingerprint density at radius 2 is 2.17 bits per heavy atom. The minimum absolute atomic E-state index is 0.00702. The Hall–Kier alpha value is -1.20. The molecule has 1 heterocycles. The molecule has 1 fully saturated rings. The van der Waals surface area contributed by atoms with Gasteiger partial charge in [-0.05, 0) is 38.8 Å². The van der Waals surface area contributed by atoms with Crippen molar-refractivity contribution in [3.8, 4) is 0 Å². The maximum Gasteiger partial charge on any atom is 0.317 e. The first-order valence-corrected chi connectivity index (χ1v) is 9.32. The van der Waals surface area contributed by atoms with E-state index in [1.165, 1.54) is 10.5 Å². The van der Waals surface area contributed by atoms with E-state index in [-0.39, 0.29) is 12.1 Å². The Labute approximate surface area is 144 Å². The molecule has 0 aliphatic carbocycles. The molecule has 128 valence electrons. The normalized spacial score (nSPS) is 19.2. The third-order valence-electron chi connectivity index (χ3n) is 4.02. The van der Waals surface area contributed by atoms with Gasteiger partial charge < -0.3 is 15.0 Å². The number of aryl methyl sites for hydroxylation is 1. The van der Waals surface area contributed by atoms with Gasteiger partial charge in [0.25, 0.3) is 0 Å². The molecule has 23 heavy (non-hydrogen) atoms. The van der Waals surface area contributed by atoms with Crippen LogP contribution in [0.2, 0.25) is 0 Å². The first kappa shape index (κ1) is 18.1. The van der Waals surface area contributed by atoms with Crippen LogP contribution in [0.1, 0.15) is 25.3 Å². The predicted molar refractivity (Wildman–Crippen MR) is 96.1 cm³/mol. The van der Waals surface area contributed by atoms with Gasteiger partial charge in [0, 0.05) is 42.8 Å². The standard InChI is InChI=1S/C18H28N2O2S/c1-14-6-8-17(9-7-14)23-13-15(2)19-18(21)20(3)11-16-5-4-10-22-12-16/h6-9,15-16H,4-5,10-13H2,1-3H3,(H,19,21)/t15-,16-/m1/s1. The molecule has 0 spiro atoms. The zero-order valence-corrected chi connectivity index (χ0v) is 15.2. The molecule has 1 aromatic carbocycles. The number of hydrogen-bond acceptors (Lipinski definition) is 3. The van der Waals surface area contributed by atoms with Crippen molar-refractivity contribution < 1.29 is 9.53 Å². The van der Waals surface area contributed by atoms with Crippen LogP contribution in [-0.4, -0.2) is 49.5 Å². The van der Waals surface area contributed by atoms with E-state index in [0.717, 1.165) is 38.4 Å².